The Balaban J connectivity index is 1.58. The number of pyridine rings is 1. The SMILES string of the molecule is O=C(c1ccc2c(c1)OCO2)N(Cc1ccccn1)c1nc2c(F)cc(F)cc2s1. The summed E-state index contributed by atoms with van der Waals surface area (Å²) >= 11 is 1.03. The number of fused-ring (bicyclic) bond motifs is 2. The van der Waals surface area contributed by atoms with E-state index in [0.717, 1.165) is 17.4 Å². The molecule has 2 aromatic carbocycles. The molecule has 30 heavy (non-hydrogen) atoms. The second kappa shape index (κ2) is 7.34. The lowest BCUT2D eigenvalue weighted by Gasteiger charge is -2.19. The van der Waals surface area contributed by atoms with Crippen LogP contribution in [-0.4, -0.2) is 22.7 Å². The number of hydrogen-bond donors (Lipinski definition) is 0. The van der Waals surface area contributed by atoms with Crippen LogP contribution in [-0.2, 0) is 6.54 Å². The summed E-state index contributed by atoms with van der Waals surface area (Å²) in [5, 5.41) is 0.239. The Bertz CT molecular complexity index is 1260. The van der Waals surface area contributed by atoms with Crippen molar-refractivity contribution < 1.29 is 23.0 Å². The maximum absolute atomic E-state index is 14.2. The Morgan fingerprint density at radius 2 is 1.97 bits per heavy atom. The maximum atomic E-state index is 14.2. The summed E-state index contributed by atoms with van der Waals surface area (Å²) < 4.78 is 38.8. The normalized spacial score (nSPS) is 12.3. The largest absolute Gasteiger partial charge is 0.454 e. The molecule has 0 saturated carbocycles. The first-order valence-corrected chi connectivity index (χ1v) is 9.77. The predicted octanol–water partition coefficient (Wildman–Crippen LogP) is 4.55. The first-order chi connectivity index (χ1) is 14.6. The highest BCUT2D eigenvalue weighted by molar-refractivity contribution is 7.22. The van der Waals surface area contributed by atoms with E-state index in [1.54, 1.807) is 42.6 Å². The second-order valence-electron chi connectivity index (χ2n) is 6.51. The number of hydrogen-bond acceptors (Lipinski definition) is 6. The molecular weight excluding hydrogens is 412 g/mol. The third kappa shape index (κ3) is 3.33. The molecule has 9 heteroatoms. The summed E-state index contributed by atoms with van der Waals surface area (Å²) in [5.74, 6) is -0.829. The summed E-state index contributed by atoms with van der Waals surface area (Å²) in [5.41, 5.74) is 0.986. The van der Waals surface area contributed by atoms with Gasteiger partial charge in [0.05, 0.1) is 16.9 Å². The first-order valence-electron chi connectivity index (χ1n) is 8.95. The summed E-state index contributed by atoms with van der Waals surface area (Å²) in [4.78, 5) is 23.3. The van der Waals surface area contributed by atoms with Crippen LogP contribution in [0.15, 0.2) is 54.7 Å². The molecule has 4 aromatic rings. The molecule has 3 heterocycles. The number of anilines is 1. The summed E-state index contributed by atoms with van der Waals surface area (Å²) in [6.45, 7) is 0.200. The van der Waals surface area contributed by atoms with Gasteiger partial charge in [-0.3, -0.25) is 14.7 Å². The van der Waals surface area contributed by atoms with Gasteiger partial charge in [0.2, 0.25) is 6.79 Å². The molecule has 0 N–H and O–H groups in total. The molecule has 0 saturated heterocycles. The third-order valence-electron chi connectivity index (χ3n) is 4.54. The number of halogens is 2. The van der Waals surface area contributed by atoms with Crippen molar-refractivity contribution in [1.82, 2.24) is 9.97 Å². The summed E-state index contributed by atoms with van der Waals surface area (Å²) in [6.07, 6.45) is 1.62. The lowest BCUT2D eigenvalue weighted by atomic mass is 10.1. The van der Waals surface area contributed by atoms with Gasteiger partial charge < -0.3 is 9.47 Å². The minimum Gasteiger partial charge on any atom is -0.454 e. The van der Waals surface area contributed by atoms with Crippen LogP contribution < -0.4 is 14.4 Å². The Morgan fingerprint density at radius 3 is 2.80 bits per heavy atom. The standard InChI is InChI=1S/C21H13F2N3O3S/c22-13-8-15(23)19-18(9-13)30-21(25-19)26(10-14-3-1-2-6-24-14)20(27)12-4-5-16-17(7-12)29-11-28-16/h1-9H,10-11H2. The Labute approximate surface area is 173 Å². The lowest BCUT2D eigenvalue weighted by Crippen LogP contribution is -2.30. The van der Waals surface area contributed by atoms with Crippen molar-refractivity contribution in [2.75, 3.05) is 11.7 Å². The van der Waals surface area contributed by atoms with Gasteiger partial charge >= 0.3 is 0 Å². The fourth-order valence-electron chi connectivity index (χ4n) is 3.13. The van der Waals surface area contributed by atoms with E-state index in [1.807, 2.05) is 0 Å². The molecule has 0 aliphatic carbocycles. The molecule has 0 spiro atoms. The van der Waals surface area contributed by atoms with Gasteiger partial charge in [0.1, 0.15) is 11.3 Å². The monoisotopic (exact) mass is 425 g/mol. The van der Waals surface area contributed by atoms with Crippen molar-refractivity contribution in [1.29, 1.82) is 0 Å². The van der Waals surface area contributed by atoms with Gasteiger partial charge in [-0.25, -0.2) is 13.8 Å². The van der Waals surface area contributed by atoms with Gasteiger partial charge in [0.15, 0.2) is 22.4 Å². The van der Waals surface area contributed by atoms with Crippen molar-refractivity contribution in [2.45, 2.75) is 6.54 Å². The van der Waals surface area contributed by atoms with Crippen molar-refractivity contribution in [2.24, 2.45) is 0 Å². The number of ether oxygens (including phenoxy) is 2. The molecule has 0 atom stereocenters. The van der Waals surface area contributed by atoms with Crippen LogP contribution in [0.25, 0.3) is 10.2 Å². The topological polar surface area (TPSA) is 64.6 Å². The van der Waals surface area contributed by atoms with Crippen molar-refractivity contribution in [3.8, 4) is 11.5 Å². The van der Waals surface area contributed by atoms with E-state index in [2.05, 4.69) is 9.97 Å². The number of rotatable bonds is 4. The Kier molecular flexibility index (Phi) is 4.51. The molecule has 150 valence electrons. The van der Waals surface area contributed by atoms with Crippen LogP contribution in [0.4, 0.5) is 13.9 Å². The van der Waals surface area contributed by atoms with E-state index >= 15 is 0 Å². The molecule has 0 unspecified atom stereocenters. The second-order valence-corrected chi connectivity index (χ2v) is 7.52. The Morgan fingerprint density at radius 1 is 1.10 bits per heavy atom. The van der Waals surface area contributed by atoms with E-state index in [4.69, 9.17) is 9.47 Å². The van der Waals surface area contributed by atoms with E-state index in [-0.39, 0.29) is 29.9 Å². The molecule has 0 fully saturated rings. The molecule has 1 aliphatic rings. The van der Waals surface area contributed by atoms with Crippen molar-refractivity contribution in [3.63, 3.8) is 0 Å². The van der Waals surface area contributed by atoms with Crippen molar-refractivity contribution in [3.05, 3.63) is 77.6 Å². The molecular formula is C21H13F2N3O3S. The van der Waals surface area contributed by atoms with Gasteiger partial charge in [-0.15, -0.1) is 0 Å². The summed E-state index contributed by atoms with van der Waals surface area (Å²) in [7, 11) is 0. The molecule has 6 nitrogen and oxygen atoms in total. The maximum Gasteiger partial charge on any atom is 0.260 e. The first kappa shape index (κ1) is 18.4. The number of carbonyl (C=O) groups is 1. The van der Waals surface area contributed by atoms with Crippen LogP contribution in [0, 0.1) is 11.6 Å². The highest BCUT2D eigenvalue weighted by atomic mass is 32.1. The van der Waals surface area contributed by atoms with Gasteiger partial charge in [0, 0.05) is 17.8 Å². The molecule has 0 bridgehead atoms. The smallest absolute Gasteiger partial charge is 0.260 e. The number of amides is 1. The van der Waals surface area contributed by atoms with E-state index in [1.165, 1.54) is 11.0 Å². The zero-order chi connectivity index (χ0) is 20.7. The number of aromatic nitrogens is 2. The van der Waals surface area contributed by atoms with Crippen LogP contribution in [0.3, 0.4) is 0 Å². The van der Waals surface area contributed by atoms with Gasteiger partial charge in [-0.05, 0) is 36.4 Å². The van der Waals surface area contributed by atoms with Crippen LogP contribution in [0.1, 0.15) is 16.1 Å². The van der Waals surface area contributed by atoms with E-state index in [9.17, 15) is 13.6 Å². The highest BCUT2D eigenvalue weighted by Crippen LogP contribution is 2.35. The van der Waals surface area contributed by atoms with Crippen LogP contribution >= 0.6 is 11.3 Å². The Hall–Kier alpha value is -3.59. The number of thiazole rings is 1. The van der Waals surface area contributed by atoms with Crippen molar-refractivity contribution >= 4 is 32.6 Å². The summed E-state index contributed by atoms with van der Waals surface area (Å²) in [6, 6.07) is 12.2. The third-order valence-corrected chi connectivity index (χ3v) is 5.57. The predicted molar refractivity (Wildman–Crippen MR) is 107 cm³/mol. The van der Waals surface area contributed by atoms with Crippen LogP contribution in [0.2, 0.25) is 0 Å². The zero-order valence-electron chi connectivity index (χ0n) is 15.3. The fraction of sp³-hybridized carbons (Fsp3) is 0.0952. The minimum atomic E-state index is -0.777. The number of nitrogens with zero attached hydrogens (tertiary/aromatic N) is 3. The fourth-order valence-corrected chi connectivity index (χ4v) is 4.13. The molecule has 0 radical (unpaired) electrons. The molecule has 1 aliphatic heterocycles. The number of carbonyl (C=O) groups excluding carboxylic acids is 1. The number of benzene rings is 2. The zero-order valence-corrected chi connectivity index (χ0v) is 16.2. The van der Waals surface area contributed by atoms with Gasteiger partial charge in [-0.2, -0.15) is 0 Å². The molecule has 2 aromatic heterocycles. The van der Waals surface area contributed by atoms with E-state index < -0.39 is 11.6 Å². The van der Waals surface area contributed by atoms with Crippen LogP contribution in [0.5, 0.6) is 11.5 Å². The average molecular weight is 425 g/mol. The van der Waals surface area contributed by atoms with Gasteiger partial charge in [0.25, 0.3) is 5.91 Å². The minimum absolute atomic E-state index is 0.0147. The molecule has 5 rings (SSSR count). The average Bonchev–Trinajstić information content (AvgIpc) is 3.38. The lowest BCUT2D eigenvalue weighted by molar-refractivity contribution is 0.0984. The quantitative estimate of drug-likeness (QED) is 0.480. The highest BCUT2D eigenvalue weighted by Gasteiger charge is 2.25. The van der Waals surface area contributed by atoms with Gasteiger partial charge in [-0.1, -0.05) is 17.4 Å². The molecule has 1 amide bonds. The van der Waals surface area contributed by atoms with E-state index in [0.29, 0.717) is 27.5 Å².